The first-order valence-electron chi connectivity index (χ1n) is 13.4. The highest BCUT2D eigenvalue weighted by Crippen LogP contribution is 2.38. The van der Waals surface area contributed by atoms with E-state index < -0.39 is 17.2 Å². The number of aromatic nitrogens is 1. The number of hydrogen-bond acceptors (Lipinski definition) is 6. The van der Waals surface area contributed by atoms with Gasteiger partial charge in [-0.05, 0) is 54.6 Å². The lowest BCUT2D eigenvalue weighted by molar-refractivity contribution is 0.0695. The summed E-state index contributed by atoms with van der Waals surface area (Å²) in [5, 5.41) is 9.58. The Bertz CT molecular complexity index is 1450. The second-order valence-corrected chi connectivity index (χ2v) is 10.5. The number of fused-ring (bicyclic) bond motifs is 2. The predicted octanol–water partition coefficient (Wildman–Crippen LogP) is 3.12. The molecular weight excluding hydrogens is 488 g/mol. The average Bonchev–Trinajstić information content (AvgIpc) is 3.70. The minimum absolute atomic E-state index is 0.112. The number of nitrogens with zero attached hydrogens (tertiary/aromatic N) is 3. The summed E-state index contributed by atoms with van der Waals surface area (Å²) in [6.45, 7) is 7.32. The van der Waals surface area contributed by atoms with Gasteiger partial charge in [0.15, 0.2) is 0 Å². The van der Waals surface area contributed by atoms with Crippen molar-refractivity contribution < 1.29 is 23.7 Å². The average molecular weight is 519 g/mol. The fraction of sp³-hybridized carbons (Fsp3) is 0.429. The van der Waals surface area contributed by atoms with E-state index in [9.17, 15) is 14.7 Å². The Kier molecular flexibility index (Phi) is 6.61. The normalized spacial score (nSPS) is 17.7. The highest BCUT2D eigenvalue weighted by atomic mass is 19.1. The first-order chi connectivity index (χ1) is 18.4. The quantitative estimate of drug-likeness (QED) is 0.362. The molecular formula is C28H31BFN3O5. The number of pyridine rings is 1. The van der Waals surface area contributed by atoms with Crippen LogP contribution in [0, 0.1) is 5.82 Å². The Hall–Kier alpha value is -3.37. The van der Waals surface area contributed by atoms with Gasteiger partial charge < -0.3 is 24.0 Å². The van der Waals surface area contributed by atoms with E-state index in [1.54, 1.807) is 6.07 Å². The molecule has 1 aromatic heterocycles. The Morgan fingerprint density at radius 3 is 2.71 bits per heavy atom. The second kappa shape index (κ2) is 10.1. The summed E-state index contributed by atoms with van der Waals surface area (Å²) in [6, 6.07) is 9.25. The van der Waals surface area contributed by atoms with Gasteiger partial charge in [0.25, 0.3) is 0 Å². The van der Waals surface area contributed by atoms with Gasteiger partial charge in [0, 0.05) is 50.3 Å². The zero-order chi connectivity index (χ0) is 26.4. The fourth-order valence-corrected chi connectivity index (χ4v) is 5.58. The standard InChI is InChI=1S/C28H31BFN3O5/c1-29-23-13-20(6-3-18(23)17-38-29)37-12-2-7-31-8-10-32(11-9-31)26-15-25-21(14-24(26)30)27(34)22(28(35)36)16-33(25)19-4-5-19/h3,6,13-16,19H,2,4-5,7-12,17H2,1H3,(H,35,36). The van der Waals surface area contributed by atoms with Crippen molar-refractivity contribution in [2.75, 3.05) is 44.2 Å². The SMILES string of the molecule is CB1OCc2ccc(OCCCN3CCN(c4cc5c(cc4F)c(=O)c(C(=O)O)cn5C4CC4)CC3)cc21. The minimum Gasteiger partial charge on any atom is -0.494 e. The van der Waals surface area contributed by atoms with Crippen LogP contribution in [0.5, 0.6) is 5.75 Å². The van der Waals surface area contributed by atoms with Crippen molar-refractivity contribution >= 4 is 34.9 Å². The molecule has 0 bridgehead atoms. The van der Waals surface area contributed by atoms with Gasteiger partial charge in [0.05, 0.1) is 24.4 Å². The van der Waals surface area contributed by atoms with E-state index in [0.29, 0.717) is 37.5 Å². The van der Waals surface area contributed by atoms with E-state index in [1.165, 1.54) is 23.3 Å². The molecule has 0 atom stereocenters. The molecule has 0 unspecified atom stereocenters. The topological polar surface area (TPSA) is 84.2 Å². The van der Waals surface area contributed by atoms with Crippen LogP contribution in [0.15, 0.2) is 41.3 Å². The van der Waals surface area contributed by atoms with Crippen LogP contribution in [0.4, 0.5) is 10.1 Å². The maximum absolute atomic E-state index is 15.2. The number of carboxylic acid groups (broad SMARTS) is 1. The number of carboxylic acids is 1. The molecule has 10 heteroatoms. The van der Waals surface area contributed by atoms with E-state index in [-0.39, 0.29) is 23.9 Å². The number of benzene rings is 2. The summed E-state index contributed by atoms with van der Waals surface area (Å²) in [7, 11) is 0. The van der Waals surface area contributed by atoms with E-state index >= 15 is 4.39 Å². The van der Waals surface area contributed by atoms with Crippen molar-refractivity contribution in [3.05, 3.63) is 63.7 Å². The van der Waals surface area contributed by atoms with Gasteiger partial charge in [-0.15, -0.1) is 0 Å². The lowest BCUT2D eigenvalue weighted by Gasteiger charge is -2.36. The maximum atomic E-state index is 15.2. The molecule has 2 aliphatic heterocycles. The summed E-state index contributed by atoms with van der Waals surface area (Å²) < 4.78 is 28.7. The van der Waals surface area contributed by atoms with Crippen LogP contribution in [0.1, 0.15) is 41.2 Å². The molecule has 3 heterocycles. The minimum atomic E-state index is -1.28. The molecule has 0 radical (unpaired) electrons. The molecule has 38 heavy (non-hydrogen) atoms. The molecule has 198 valence electrons. The molecule has 2 aromatic carbocycles. The number of hydrogen-bond donors (Lipinski definition) is 1. The Balaban J connectivity index is 1.08. The number of anilines is 1. The second-order valence-electron chi connectivity index (χ2n) is 10.5. The highest BCUT2D eigenvalue weighted by molar-refractivity contribution is 6.67. The molecule has 2 fully saturated rings. The fourth-order valence-electron chi connectivity index (χ4n) is 5.58. The molecule has 0 spiro atoms. The zero-order valence-corrected chi connectivity index (χ0v) is 21.5. The first kappa shape index (κ1) is 24.9. The molecule has 8 nitrogen and oxygen atoms in total. The monoisotopic (exact) mass is 519 g/mol. The van der Waals surface area contributed by atoms with E-state index in [0.717, 1.165) is 44.6 Å². The third kappa shape index (κ3) is 4.78. The molecule has 1 saturated heterocycles. The predicted molar refractivity (Wildman–Crippen MR) is 145 cm³/mol. The van der Waals surface area contributed by atoms with Gasteiger partial charge in [0.2, 0.25) is 5.43 Å². The highest BCUT2D eigenvalue weighted by Gasteiger charge is 2.29. The van der Waals surface area contributed by atoms with Crippen molar-refractivity contribution in [1.29, 1.82) is 0 Å². The number of carbonyl (C=O) groups is 1. The largest absolute Gasteiger partial charge is 0.494 e. The van der Waals surface area contributed by atoms with Crippen LogP contribution in [-0.2, 0) is 11.3 Å². The third-order valence-corrected chi connectivity index (χ3v) is 7.92. The number of ether oxygens (including phenoxy) is 1. The Morgan fingerprint density at radius 2 is 1.97 bits per heavy atom. The van der Waals surface area contributed by atoms with Crippen molar-refractivity contribution in [3.63, 3.8) is 0 Å². The molecule has 1 N–H and O–H groups in total. The van der Waals surface area contributed by atoms with Crippen molar-refractivity contribution in [2.45, 2.75) is 38.7 Å². The summed E-state index contributed by atoms with van der Waals surface area (Å²) in [5.74, 6) is -0.901. The van der Waals surface area contributed by atoms with Gasteiger partial charge in [-0.3, -0.25) is 9.69 Å². The molecule has 6 rings (SSSR count). The van der Waals surface area contributed by atoms with Gasteiger partial charge in [-0.25, -0.2) is 9.18 Å². The number of rotatable bonds is 8. The summed E-state index contributed by atoms with van der Waals surface area (Å²) in [5.41, 5.74) is 2.55. The van der Waals surface area contributed by atoms with Crippen LogP contribution in [0.25, 0.3) is 10.9 Å². The van der Waals surface area contributed by atoms with Crippen molar-refractivity contribution in [2.24, 2.45) is 0 Å². The lowest BCUT2D eigenvalue weighted by Crippen LogP contribution is -2.47. The van der Waals surface area contributed by atoms with E-state index in [2.05, 4.69) is 23.9 Å². The van der Waals surface area contributed by atoms with E-state index in [1.807, 2.05) is 15.5 Å². The number of aromatic carboxylic acids is 1. The molecule has 3 aliphatic rings. The smallest absolute Gasteiger partial charge is 0.341 e. The van der Waals surface area contributed by atoms with Gasteiger partial charge in [0.1, 0.15) is 17.1 Å². The van der Waals surface area contributed by atoms with Crippen LogP contribution >= 0.6 is 0 Å². The molecule has 0 amide bonds. The summed E-state index contributed by atoms with van der Waals surface area (Å²) >= 11 is 0. The molecule has 3 aromatic rings. The summed E-state index contributed by atoms with van der Waals surface area (Å²) in [6.07, 6.45) is 4.16. The van der Waals surface area contributed by atoms with Gasteiger partial charge >= 0.3 is 12.9 Å². The first-order valence-corrected chi connectivity index (χ1v) is 13.4. The van der Waals surface area contributed by atoms with E-state index in [4.69, 9.17) is 9.39 Å². The number of halogens is 1. The van der Waals surface area contributed by atoms with Gasteiger partial charge in [-0.1, -0.05) is 12.9 Å². The summed E-state index contributed by atoms with van der Waals surface area (Å²) in [4.78, 5) is 28.7. The van der Waals surface area contributed by atoms with Crippen molar-refractivity contribution in [1.82, 2.24) is 9.47 Å². The third-order valence-electron chi connectivity index (χ3n) is 7.92. The van der Waals surface area contributed by atoms with Crippen LogP contribution < -0.4 is 20.5 Å². The Morgan fingerprint density at radius 1 is 1.18 bits per heavy atom. The zero-order valence-electron chi connectivity index (χ0n) is 21.5. The molecule has 1 aliphatic carbocycles. The maximum Gasteiger partial charge on any atom is 0.341 e. The lowest BCUT2D eigenvalue weighted by atomic mass is 9.64. The van der Waals surface area contributed by atoms with Crippen molar-refractivity contribution in [3.8, 4) is 5.75 Å². The van der Waals surface area contributed by atoms with Crippen LogP contribution in [0.3, 0.4) is 0 Å². The molecule has 1 saturated carbocycles. The Labute approximate surface area is 220 Å². The van der Waals surface area contributed by atoms with Crippen LogP contribution in [-0.4, -0.2) is 66.8 Å². The van der Waals surface area contributed by atoms with Gasteiger partial charge in [-0.2, -0.15) is 0 Å². The number of piperazine rings is 1. The van der Waals surface area contributed by atoms with Crippen LogP contribution in [0.2, 0.25) is 6.82 Å².